The minimum atomic E-state index is -0.637. The fraction of sp³-hybridized carbons (Fsp3) is 0.667. The number of aryl methyl sites for hydroxylation is 1. The average Bonchev–Trinajstić information content (AvgIpc) is 2.79. The van der Waals surface area contributed by atoms with Crippen molar-refractivity contribution in [3.05, 3.63) is 47.3 Å². The van der Waals surface area contributed by atoms with Gasteiger partial charge in [0.15, 0.2) is 5.83 Å². The van der Waals surface area contributed by atoms with Crippen LogP contribution in [0.15, 0.2) is 36.2 Å². The van der Waals surface area contributed by atoms with Gasteiger partial charge < -0.3 is 4.74 Å². The summed E-state index contributed by atoms with van der Waals surface area (Å²) in [7, 11) is 0. The maximum Gasteiger partial charge on any atom is 0.196 e. The Morgan fingerprint density at radius 1 is 1.03 bits per heavy atom. The molecule has 0 amide bonds. The Morgan fingerprint density at radius 3 is 2.37 bits per heavy atom. The van der Waals surface area contributed by atoms with Gasteiger partial charge in [-0.15, -0.1) is 0 Å². The predicted octanol–water partition coefficient (Wildman–Crippen LogP) is 7.65. The van der Waals surface area contributed by atoms with E-state index in [4.69, 9.17) is 10.00 Å². The molecule has 1 aromatic rings. The molecule has 2 saturated carbocycles. The molecule has 1 aromatic carbocycles. The van der Waals surface area contributed by atoms with E-state index in [1.54, 1.807) is 6.07 Å². The van der Waals surface area contributed by atoms with Gasteiger partial charge in [-0.1, -0.05) is 44.0 Å². The molecule has 3 rings (SSSR count). The Bertz CT molecular complexity index is 689. The third-order valence-electron chi connectivity index (χ3n) is 7.14. The van der Waals surface area contributed by atoms with Crippen molar-refractivity contribution in [2.45, 2.75) is 96.0 Å². The summed E-state index contributed by atoms with van der Waals surface area (Å²) in [4.78, 5) is 0. The van der Waals surface area contributed by atoms with Crippen molar-refractivity contribution in [2.75, 3.05) is 6.61 Å². The smallest absolute Gasteiger partial charge is 0.196 e. The zero-order chi connectivity index (χ0) is 21.2. The van der Waals surface area contributed by atoms with Gasteiger partial charge >= 0.3 is 0 Å². The van der Waals surface area contributed by atoms with Crippen LogP contribution in [0.3, 0.4) is 0 Å². The summed E-state index contributed by atoms with van der Waals surface area (Å²) in [6.45, 7) is 3.13. The number of benzene rings is 1. The Labute approximate surface area is 182 Å². The Morgan fingerprint density at radius 2 is 1.73 bits per heavy atom. The number of halogens is 1. The largest absolute Gasteiger partial charge is 0.378 e. The van der Waals surface area contributed by atoms with E-state index in [1.807, 2.05) is 0 Å². The van der Waals surface area contributed by atoms with Gasteiger partial charge in [-0.25, -0.2) is 0 Å². The molecule has 2 nitrogen and oxygen atoms in total. The van der Waals surface area contributed by atoms with Gasteiger partial charge in [-0.05, 0) is 99.2 Å². The molecule has 164 valence electrons. The highest BCUT2D eigenvalue weighted by molar-refractivity contribution is 5.26. The highest BCUT2D eigenvalue weighted by Gasteiger charge is 2.25. The van der Waals surface area contributed by atoms with E-state index in [2.05, 4.69) is 31.2 Å². The summed E-state index contributed by atoms with van der Waals surface area (Å²) >= 11 is 0. The number of rotatable bonds is 9. The number of hydrogen-bond donors (Lipinski definition) is 0. The van der Waals surface area contributed by atoms with Gasteiger partial charge in [0.25, 0.3) is 0 Å². The molecule has 0 N–H and O–H groups in total. The van der Waals surface area contributed by atoms with Crippen LogP contribution in [0.5, 0.6) is 0 Å². The average molecular weight is 412 g/mol. The molecule has 0 atom stereocenters. The normalized spacial score (nSPS) is 27.6. The van der Waals surface area contributed by atoms with Crippen molar-refractivity contribution in [1.82, 2.24) is 0 Å². The van der Waals surface area contributed by atoms with E-state index in [0.717, 1.165) is 32.3 Å². The highest BCUT2D eigenvalue weighted by atomic mass is 19.1. The number of allylic oxidation sites excluding steroid dienone is 2. The van der Waals surface area contributed by atoms with Crippen LogP contribution in [0, 0.1) is 23.2 Å². The second kappa shape index (κ2) is 12.3. The van der Waals surface area contributed by atoms with Crippen LogP contribution in [0.25, 0.3) is 0 Å². The minimum absolute atomic E-state index is 0.206. The quantitative estimate of drug-likeness (QED) is 0.309. The molecule has 0 aromatic heterocycles. The molecule has 2 aliphatic rings. The second-order valence-corrected chi connectivity index (χ2v) is 9.41. The molecule has 2 aliphatic carbocycles. The molecule has 0 spiro atoms. The molecule has 0 unspecified atom stereocenters. The number of nitriles is 1. The van der Waals surface area contributed by atoms with Gasteiger partial charge in [-0.3, -0.25) is 0 Å². The van der Waals surface area contributed by atoms with Crippen LogP contribution < -0.4 is 0 Å². The first-order valence-corrected chi connectivity index (χ1v) is 12.2. The maximum atomic E-state index is 13.1. The van der Waals surface area contributed by atoms with E-state index in [1.165, 1.54) is 68.6 Å². The zero-order valence-corrected chi connectivity index (χ0v) is 18.6. The van der Waals surface area contributed by atoms with Crippen molar-refractivity contribution >= 4 is 0 Å². The Hall–Kier alpha value is -1.66. The van der Waals surface area contributed by atoms with Gasteiger partial charge in [0.05, 0.1) is 6.10 Å². The van der Waals surface area contributed by atoms with E-state index in [9.17, 15) is 4.39 Å². The lowest BCUT2D eigenvalue weighted by Gasteiger charge is -2.32. The maximum absolute atomic E-state index is 13.1. The summed E-state index contributed by atoms with van der Waals surface area (Å²) in [5.74, 6) is 0.964. The Kier molecular flexibility index (Phi) is 9.40. The standard InChI is InChI=1S/C27H38FNO/c1-2-3-4-5-21-6-12-24(13-7-21)25-14-8-23(9-15-25)20-30-27-16-10-22(11-17-27)18-26(28)19-29/h6-7,12-13,18,22-23,25,27H,2-5,8-11,14-17,20H2,1H3/t22-,23-,25-,27-. The number of ether oxygens (including phenoxy) is 1. The fourth-order valence-electron chi connectivity index (χ4n) is 5.14. The third kappa shape index (κ3) is 7.24. The van der Waals surface area contributed by atoms with Crippen LogP contribution in [-0.2, 0) is 11.2 Å². The Balaban J connectivity index is 1.34. The third-order valence-corrected chi connectivity index (χ3v) is 7.14. The van der Waals surface area contributed by atoms with Crippen LogP contribution in [-0.4, -0.2) is 12.7 Å². The highest BCUT2D eigenvalue weighted by Crippen LogP contribution is 2.37. The topological polar surface area (TPSA) is 33.0 Å². The van der Waals surface area contributed by atoms with Crippen LogP contribution in [0.4, 0.5) is 4.39 Å². The number of nitrogens with zero attached hydrogens (tertiary/aromatic N) is 1. The van der Waals surface area contributed by atoms with Gasteiger partial charge in [0.1, 0.15) is 6.07 Å². The minimum Gasteiger partial charge on any atom is -0.378 e. The molecule has 2 fully saturated rings. The van der Waals surface area contributed by atoms with E-state index in [-0.39, 0.29) is 5.92 Å². The van der Waals surface area contributed by atoms with Crippen molar-refractivity contribution in [1.29, 1.82) is 5.26 Å². The molecule has 30 heavy (non-hydrogen) atoms. The van der Waals surface area contributed by atoms with E-state index in [0.29, 0.717) is 17.9 Å². The van der Waals surface area contributed by atoms with Gasteiger partial charge in [-0.2, -0.15) is 9.65 Å². The van der Waals surface area contributed by atoms with Crippen molar-refractivity contribution in [3.8, 4) is 6.07 Å². The molecule has 0 bridgehead atoms. The molecule has 3 heteroatoms. The molecule has 0 saturated heterocycles. The first-order chi connectivity index (χ1) is 14.7. The first-order valence-electron chi connectivity index (χ1n) is 12.2. The number of unbranched alkanes of at least 4 members (excludes halogenated alkanes) is 2. The van der Waals surface area contributed by atoms with Gasteiger partial charge in [0, 0.05) is 6.61 Å². The molecular weight excluding hydrogens is 373 g/mol. The first kappa shape index (κ1) is 23.0. The predicted molar refractivity (Wildman–Crippen MR) is 121 cm³/mol. The summed E-state index contributed by atoms with van der Waals surface area (Å²) in [5, 5.41) is 8.57. The summed E-state index contributed by atoms with van der Waals surface area (Å²) in [5.41, 5.74) is 3.00. The lowest BCUT2D eigenvalue weighted by molar-refractivity contribution is -0.00465. The lowest BCUT2D eigenvalue weighted by Crippen LogP contribution is -2.25. The monoisotopic (exact) mass is 411 g/mol. The second-order valence-electron chi connectivity index (χ2n) is 9.41. The van der Waals surface area contributed by atoms with Crippen LogP contribution in [0.1, 0.15) is 94.6 Å². The zero-order valence-electron chi connectivity index (χ0n) is 18.6. The lowest BCUT2D eigenvalue weighted by atomic mass is 9.78. The van der Waals surface area contributed by atoms with Crippen molar-refractivity contribution in [3.63, 3.8) is 0 Å². The van der Waals surface area contributed by atoms with E-state index < -0.39 is 5.83 Å². The number of hydrogen-bond acceptors (Lipinski definition) is 2. The van der Waals surface area contributed by atoms with E-state index >= 15 is 0 Å². The fourth-order valence-corrected chi connectivity index (χ4v) is 5.14. The van der Waals surface area contributed by atoms with Crippen molar-refractivity contribution < 1.29 is 9.13 Å². The van der Waals surface area contributed by atoms with Gasteiger partial charge in [0.2, 0.25) is 0 Å². The molecule has 0 radical (unpaired) electrons. The molecule has 0 heterocycles. The summed E-state index contributed by atoms with van der Waals surface area (Å²) in [6, 6.07) is 11.0. The van der Waals surface area contributed by atoms with Crippen LogP contribution >= 0.6 is 0 Å². The molecule has 0 aliphatic heterocycles. The summed E-state index contributed by atoms with van der Waals surface area (Å²) in [6.07, 6.45) is 15.8. The van der Waals surface area contributed by atoms with Crippen molar-refractivity contribution in [2.24, 2.45) is 11.8 Å². The molecular formula is C27H38FNO. The van der Waals surface area contributed by atoms with Crippen LogP contribution in [0.2, 0.25) is 0 Å². The SMILES string of the molecule is CCCCCc1ccc([C@H]2CC[C@H](CO[C@H]3CC[C@H](C=C(F)C#N)CC3)CC2)cc1. The summed E-state index contributed by atoms with van der Waals surface area (Å²) < 4.78 is 19.3.